The second kappa shape index (κ2) is 3.75. The molecule has 2 saturated heterocycles. The highest BCUT2D eigenvalue weighted by molar-refractivity contribution is 4.86. The Kier molecular flexibility index (Phi) is 2.66. The molecule has 2 atom stereocenters. The van der Waals surface area contributed by atoms with Crippen LogP contribution in [0.15, 0.2) is 0 Å². The first-order valence-corrected chi connectivity index (χ1v) is 5.25. The molecule has 12 heavy (non-hydrogen) atoms. The summed E-state index contributed by atoms with van der Waals surface area (Å²) >= 11 is 0. The lowest BCUT2D eigenvalue weighted by molar-refractivity contribution is 0.132. The topological polar surface area (TPSA) is 23.5 Å². The van der Waals surface area contributed by atoms with Crippen molar-refractivity contribution in [2.24, 2.45) is 5.92 Å². The molecule has 0 aliphatic carbocycles. The van der Waals surface area contributed by atoms with Crippen LogP contribution < -0.4 is 0 Å². The molecule has 0 radical (unpaired) electrons. The maximum Gasteiger partial charge on any atom is 0.0433 e. The van der Waals surface area contributed by atoms with E-state index in [1.807, 2.05) is 0 Å². The summed E-state index contributed by atoms with van der Waals surface area (Å²) in [6.07, 6.45) is 6.50. The van der Waals surface area contributed by atoms with Crippen molar-refractivity contribution in [1.29, 1.82) is 0 Å². The Bertz CT molecular complexity index is 149. The van der Waals surface area contributed by atoms with E-state index in [0.29, 0.717) is 6.61 Å². The van der Waals surface area contributed by atoms with E-state index in [4.69, 9.17) is 5.11 Å². The van der Waals surface area contributed by atoms with Gasteiger partial charge in [-0.15, -0.1) is 0 Å². The second-order valence-corrected chi connectivity index (χ2v) is 4.23. The molecule has 0 aromatic heterocycles. The Morgan fingerprint density at radius 1 is 1.25 bits per heavy atom. The minimum Gasteiger partial charge on any atom is -0.396 e. The van der Waals surface area contributed by atoms with Gasteiger partial charge >= 0.3 is 0 Å². The number of fused-ring (bicyclic) bond motifs is 1. The van der Waals surface area contributed by atoms with Gasteiger partial charge in [0, 0.05) is 12.6 Å². The van der Waals surface area contributed by atoms with Gasteiger partial charge in [0.25, 0.3) is 0 Å². The number of aliphatic hydroxyl groups is 1. The van der Waals surface area contributed by atoms with Crippen molar-refractivity contribution >= 4 is 0 Å². The fourth-order valence-electron chi connectivity index (χ4n) is 2.75. The molecule has 2 aliphatic rings. The minimum absolute atomic E-state index is 0.386. The van der Waals surface area contributed by atoms with Crippen LogP contribution in [0.3, 0.4) is 0 Å². The third-order valence-corrected chi connectivity index (χ3v) is 3.47. The molecule has 1 N–H and O–H groups in total. The van der Waals surface area contributed by atoms with Gasteiger partial charge in [-0.3, -0.25) is 0 Å². The molecular weight excluding hydrogens is 150 g/mol. The summed E-state index contributed by atoms with van der Waals surface area (Å²) in [6.45, 7) is 3.00. The van der Waals surface area contributed by atoms with E-state index in [-0.39, 0.29) is 0 Å². The molecule has 0 saturated carbocycles. The Labute approximate surface area is 74.6 Å². The van der Waals surface area contributed by atoms with E-state index in [1.165, 1.54) is 38.8 Å². The van der Waals surface area contributed by atoms with Gasteiger partial charge in [0.2, 0.25) is 0 Å². The maximum atomic E-state index is 8.85. The van der Waals surface area contributed by atoms with Crippen molar-refractivity contribution in [2.45, 2.75) is 38.1 Å². The van der Waals surface area contributed by atoms with Crippen LogP contribution in [0.1, 0.15) is 32.1 Å². The summed E-state index contributed by atoms with van der Waals surface area (Å²) in [5.41, 5.74) is 0. The number of rotatable bonds is 2. The van der Waals surface area contributed by atoms with E-state index in [2.05, 4.69) is 4.90 Å². The average Bonchev–Trinajstić information content (AvgIpc) is 2.51. The molecule has 70 valence electrons. The molecule has 2 aliphatic heterocycles. The van der Waals surface area contributed by atoms with Crippen molar-refractivity contribution in [1.82, 2.24) is 4.90 Å². The van der Waals surface area contributed by atoms with Crippen molar-refractivity contribution in [3.63, 3.8) is 0 Å². The van der Waals surface area contributed by atoms with E-state index in [9.17, 15) is 0 Å². The molecule has 2 fully saturated rings. The van der Waals surface area contributed by atoms with Crippen LogP contribution in [0.4, 0.5) is 0 Å². The zero-order chi connectivity index (χ0) is 8.39. The van der Waals surface area contributed by atoms with Crippen LogP contribution in [0.5, 0.6) is 0 Å². The van der Waals surface area contributed by atoms with Crippen LogP contribution in [0, 0.1) is 5.92 Å². The lowest BCUT2D eigenvalue weighted by Gasteiger charge is -2.34. The van der Waals surface area contributed by atoms with Crippen LogP contribution in [0.2, 0.25) is 0 Å². The van der Waals surface area contributed by atoms with Crippen LogP contribution in [-0.4, -0.2) is 35.7 Å². The van der Waals surface area contributed by atoms with Crippen molar-refractivity contribution in [2.75, 3.05) is 19.7 Å². The number of aliphatic hydroxyl groups excluding tert-OH is 1. The summed E-state index contributed by atoms with van der Waals surface area (Å²) in [5, 5.41) is 8.85. The molecule has 2 heteroatoms. The predicted molar refractivity (Wildman–Crippen MR) is 49.0 cm³/mol. The maximum absolute atomic E-state index is 8.85. The van der Waals surface area contributed by atoms with E-state index >= 15 is 0 Å². The van der Waals surface area contributed by atoms with Crippen LogP contribution >= 0.6 is 0 Å². The Morgan fingerprint density at radius 2 is 2.17 bits per heavy atom. The predicted octanol–water partition coefficient (Wildman–Crippen LogP) is 1.24. The summed E-state index contributed by atoms with van der Waals surface area (Å²) in [7, 11) is 0. The van der Waals surface area contributed by atoms with Crippen molar-refractivity contribution in [3.05, 3.63) is 0 Å². The highest BCUT2D eigenvalue weighted by atomic mass is 16.3. The lowest BCUT2D eigenvalue weighted by Crippen LogP contribution is -2.38. The molecule has 0 aromatic rings. The molecule has 0 unspecified atom stereocenters. The van der Waals surface area contributed by atoms with Crippen molar-refractivity contribution < 1.29 is 5.11 Å². The highest BCUT2D eigenvalue weighted by Crippen LogP contribution is 2.31. The van der Waals surface area contributed by atoms with Gasteiger partial charge in [0.1, 0.15) is 0 Å². The SMILES string of the molecule is OCC[C@H]1CCN2CCC[C@H]2C1. The van der Waals surface area contributed by atoms with Gasteiger partial charge < -0.3 is 10.0 Å². The molecule has 2 rings (SSSR count). The fourth-order valence-corrected chi connectivity index (χ4v) is 2.75. The normalized spacial score (nSPS) is 36.8. The largest absolute Gasteiger partial charge is 0.396 e. The first kappa shape index (κ1) is 8.52. The average molecular weight is 169 g/mol. The van der Waals surface area contributed by atoms with Gasteiger partial charge in [-0.25, -0.2) is 0 Å². The number of piperidine rings is 1. The molecular formula is C10H19NO. The summed E-state index contributed by atoms with van der Waals surface area (Å²) in [5.74, 6) is 0.814. The monoisotopic (exact) mass is 169 g/mol. The third kappa shape index (κ3) is 1.64. The standard InChI is InChI=1S/C10H19NO/c12-7-4-9-3-6-11-5-1-2-10(11)8-9/h9-10,12H,1-8H2/t9-,10+/m1/s1. The lowest BCUT2D eigenvalue weighted by atomic mass is 9.89. The molecule has 0 aromatic carbocycles. The zero-order valence-corrected chi connectivity index (χ0v) is 7.71. The zero-order valence-electron chi connectivity index (χ0n) is 7.71. The van der Waals surface area contributed by atoms with Crippen molar-refractivity contribution in [3.8, 4) is 0 Å². The Balaban J connectivity index is 1.84. The number of hydrogen-bond acceptors (Lipinski definition) is 2. The summed E-state index contributed by atoms with van der Waals surface area (Å²) in [6, 6.07) is 0.871. The quantitative estimate of drug-likeness (QED) is 0.672. The first-order chi connectivity index (χ1) is 5.90. The van der Waals surface area contributed by atoms with Gasteiger partial charge in [-0.2, -0.15) is 0 Å². The second-order valence-electron chi connectivity index (χ2n) is 4.23. The molecule has 0 spiro atoms. The number of nitrogens with zero attached hydrogens (tertiary/aromatic N) is 1. The third-order valence-electron chi connectivity index (χ3n) is 3.47. The number of hydrogen-bond donors (Lipinski definition) is 1. The summed E-state index contributed by atoms with van der Waals surface area (Å²) in [4.78, 5) is 2.63. The molecule has 2 heterocycles. The minimum atomic E-state index is 0.386. The summed E-state index contributed by atoms with van der Waals surface area (Å²) < 4.78 is 0. The van der Waals surface area contributed by atoms with E-state index < -0.39 is 0 Å². The van der Waals surface area contributed by atoms with Gasteiger partial charge in [0.05, 0.1) is 0 Å². The Morgan fingerprint density at radius 3 is 3.00 bits per heavy atom. The van der Waals surface area contributed by atoms with E-state index in [0.717, 1.165) is 18.4 Å². The molecule has 0 bridgehead atoms. The van der Waals surface area contributed by atoms with Crippen LogP contribution in [0.25, 0.3) is 0 Å². The molecule has 0 amide bonds. The molecule has 2 nitrogen and oxygen atoms in total. The fraction of sp³-hybridized carbons (Fsp3) is 1.00. The van der Waals surface area contributed by atoms with Gasteiger partial charge in [-0.05, 0) is 51.1 Å². The highest BCUT2D eigenvalue weighted by Gasteiger charge is 2.30. The Hall–Kier alpha value is -0.0800. The smallest absolute Gasteiger partial charge is 0.0433 e. The van der Waals surface area contributed by atoms with Gasteiger partial charge in [-0.1, -0.05) is 0 Å². The van der Waals surface area contributed by atoms with Crippen LogP contribution in [-0.2, 0) is 0 Å². The van der Waals surface area contributed by atoms with E-state index in [1.54, 1.807) is 0 Å². The first-order valence-electron chi connectivity index (χ1n) is 5.25. The van der Waals surface area contributed by atoms with Gasteiger partial charge in [0.15, 0.2) is 0 Å².